The van der Waals surface area contributed by atoms with Crippen LogP contribution < -0.4 is 9.64 Å². The number of carbonyl (C=O) groups is 2. The van der Waals surface area contributed by atoms with Gasteiger partial charge in [-0.3, -0.25) is 4.79 Å². The van der Waals surface area contributed by atoms with Crippen LogP contribution in [0.5, 0.6) is 5.75 Å². The number of hydrogen-bond acceptors (Lipinski definition) is 4. The van der Waals surface area contributed by atoms with Gasteiger partial charge in [-0.25, -0.2) is 4.79 Å². The summed E-state index contributed by atoms with van der Waals surface area (Å²) >= 11 is 0. The number of carboxylic acids is 1. The van der Waals surface area contributed by atoms with Gasteiger partial charge in [0.2, 0.25) is 5.91 Å². The Bertz CT molecular complexity index is 1410. The first-order chi connectivity index (χ1) is 19.1. The van der Waals surface area contributed by atoms with Gasteiger partial charge in [-0.05, 0) is 111 Å². The molecule has 0 aliphatic carbocycles. The third-order valence-electron chi connectivity index (χ3n) is 7.68. The Hall–Kier alpha value is -3.64. The van der Waals surface area contributed by atoms with Gasteiger partial charge < -0.3 is 19.5 Å². The maximum Gasteiger partial charge on any atom is 0.337 e. The zero-order chi connectivity index (χ0) is 28.4. The number of ether oxygens (including phenoxy) is 2. The maximum atomic E-state index is 13.6. The van der Waals surface area contributed by atoms with Gasteiger partial charge >= 0.3 is 5.97 Å². The van der Waals surface area contributed by atoms with Crippen molar-refractivity contribution in [3.05, 3.63) is 82.4 Å². The number of carboxylic acid groups (broad SMARTS) is 1. The monoisotopic (exact) mass is 541 g/mol. The Morgan fingerprint density at radius 2 is 1.82 bits per heavy atom. The molecule has 0 fully saturated rings. The predicted molar refractivity (Wildman–Crippen MR) is 157 cm³/mol. The highest BCUT2D eigenvalue weighted by atomic mass is 16.5. The van der Waals surface area contributed by atoms with Crippen molar-refractivity contribution in [3.63, 3.8) is 0 Å². The van der Waals surface area contributed by atoms with Crippen molar-refractivity contribution in [2.45, 2.75) is 77.9 Å². The molecule has 2 heterocycles. The van der Waals surface area contributed by atoms with E-state index in [1.54, 1.807) is 0 Å². The van der Waals surface area contributed by atoms with E-state index in [9.17, 15) is 14.7 Å². The van der Waals surface area contributed by atoms with Gasteiger partial charge in [0.15, 0.2) is 6.10 Å². The summed E-state index contributed by atoms with van der Waals surface area (Å²) < 4.78 is 12.1. The molecule has 1 amide bonds. The minimum Gasteiger partial charge on any atom is -0.493 e. The zero-order valence-corrected chi connectivity index (χ0v) is 24.0. The lowest BCUT2D eigenvalue weighted by molar-refractivity contribution is -0.160. The molecule has 2 aliphatic heterocycles. The van der Waals surface area contributed by atoms with Crippen molar-refractivity contribution >= 4 is 17.6 Å². The van der Waals surface area contributed by atoms with E-state index in [1.807, 2.05) is 75.1 Å². The van der Waals surface area contributed by atoms with Crippen molar-refractivity contribution in [1.29, 1.82) is 0 Å². The van der Waals surface area contributed by atoms with Crippen LogP contribution in [0.3, 0.4) is 0 Å². The molecule has 2 aliphatic rings. The van der Waals surface area contributed by atoms with E-state index in [2.05, 4.69) is 12.1 Å². The fourth-order valence-electron chi connectivity index (χ4n) is 5.97. The number of benzene rings is 3. The Labute approximate surface area is 236 Å². The standard InChI is InChI=1S/C34H39NO5/c1-22-20-27-26(13-8-18-35(27)29(36)17-14-23-10-6-5-7-11-23)31(32(33(37)38)40-34(2,3)4)30(22)25-15-16-28-24(21-25)12-9-19-39-28/h5-7,10-11,15-16,20-21,32H,8-9,12-14,17-19H2,1-4H3,(H,37,38). The van der Waals surface area contributed by atoms with Crippen LogP contribution in [0, 0.1) is 6.92 Å². The molecular weight excluding hydrogens is 502 g/mol. The summed E-state index contributed by atoms with van der Waals surface area (Å²) in [6.45, 7) is 8.96. The smallest absolute Gasteiger partial charge is 0.337 e. The SMILES string of the molecule is Cc1cc2c(c(C(OC(C)(C)C)C(=O)O)c1-c1ccc3c(c1)CCCO3)CCCN2C(=O)CCc1ccccc1. The molecule has 0 saturated heterocycles. The Kier molecular flexibility index (Phi) is 7.99. The molecule has 0 saturated carbocycles. The molecule has 0 aromatic heterocycles. The van der Waals surface area contributed by atoms with E-state index in [-0.39, 0.29) is 5.91 Å². The van der Waals surface area contributed by atoms with E-state index >= 15 is 0 Å². The van der Waals surface area contributed by atoms with Gasteiger partial charge in [-0.2, -0.15) is 0 Å². The molecule has 0 bridgehead atoms. The van der Waals surface area contributed by atoms with Crippen LogP contribution in [0.2, 0.25) is 0 Å². The summed E-state index contributed by atoms with van der Waals surface area (Å²) in [4.78, 5) is 28.3. The second-order valence-corrected chi connectivity index (χ2v) is 11.8. The Morgan fingerprint density at radius 3 is 2.55 bits per heavy atom. The van der Waals surface area contributed by atoms with E-state index in [0.717, 1.165) is 64.1 Å². The van der Waals surface area contributed by atoms with Gasteiger partial charge in [0.05, 0.1) is 12.2 Å². The number of hydrogen-bond donors (Lipinski definition) is 1. The quantitative estimate of drug-likeness (QED) is 0.354. The lowest BCUT2D eigenvalue weighted by Gasteiger charge is -2.35. The molecule has 1 N–H and O–H groups in total. The number of aryl methyl sites for hydroxylation is 3. The molecule has 1 atom stereocenters. The summed E-state index contributed by atoms with van der Waals surface area (Å²) in [6.07, 6.45) is 3.22. The average Bonchev–Trinajstić information content (AvgIpc) is 2.93. The fourth-order valence-corrected chi connectivity index (χ4v) is 5.97. The van der Waals surface area contributed by atoms with Crippen LogP contribution in [0.1, 0.15) is 74.0 Å². The van der Waals surface area contributed by atoms with Crippen molar-refractivity contribution in [2.75, 3.05) is 18.1 Å². The topological polar surface area (TPSA) is 76.1 Å². The molecule has 5 rings (SSSR count). The molecule has 40 heavy (non-hydrogen) atoms. The molecule has 210 valence electrons. The van der Waals surface area contributed by atoms with Gasteiger partial charge in [-0.15, -0.1) is 0 Å². The normalized spacial score (nSPS) is 15.6. The van der Waals surface area contributed by atoms with Crippen LogP contribution in [0.4, 0.5) is 5.69 Å². The van der Waals surface area contributed by atoms with Gasteiger partial charge in [0, 0.05) is 24.2 Å². The molecule has 0 radical (unpaired) electrons. The lowest BCUT2D eigenvalue weighted by Crippen LogP contribution is -2.37. The van der Waals surface area contributed by atoms with E-state index in [0.29, 0.717) is 38.0 Å². The number of carbonyl (C=O) groups excluding carboxylic acids is 1. The van der Waals surface area contributed by atoms with Gasteiger partial charge in [0.1, 0.15) is 5.75 Å². The molecule has 6 nitrogen and oxygen atoms in total. The zero-order valence-electron chi connectivity index (χ0n) is 24.0. The van der Waals surface area contributed by atoms with E-state index < -0.39 is 17.7 Å². The third kappa shape index (κ3) is 5.92. The summed E-state index contributed by atoms with van der Waals surface area (Å²) in [5.41, 5.74) is 6.70. The van der Waals surface area contributed by atoms with E-state index in [1.165, 1.54) is 0 Å². The van der Waals surface area contributed by atoms with Crippen LogP contribution in [0.15, 0.2) is 54.6 Å². The number of aliphatic carboxylic acids is 1. The van der Waals surface area contributed by atoms with Crippen LogP contribution in [-0.2, 0) is 33.6 Å². The summed E-state index contributed by atoms with van der Waals surface area (Å²) in [5, 5.41) is 10.5. The number of nitrogens with zero attached hydrogens (tertiary/aromatic N) is 1. The van der Waals surface area contributed by atoms with Crippen molar-refractivity contribution in [3.8, 4) is 16.9 Å². The second-order valence-electron chi connectivity index (χ2n) is 11.8. The molecule has 6 heteroatoms. The summed E-state index contributed by atoms with van der Waals surface area (Å²) in [7, 11) is 0. The second kappa shape index (κ2) is 11.5. The highest BCUT2D eigenvalue weighted by molar-refractivity contribution is 5.97. The number of rotatable bonds is 7. The summed E-state index contributed by atoms with van der Waals surface area (Å²) in [5.74, 6) is -0.0849. The number of amides is 1. The predicted octanol–water partition coefficient (Wildman–Crippen LogP) is 6.84. The van der Waals surface area contributed by atoms with E-state index in [4.69, 9.17) is 9.47 Å². The minimum absolute atomic E-state index is 0.0532. The highest BCUT2D eigenvalue weighted by Crippen LogP contribution is 2.45. The van der Waals surface area contributed by atoms with Crippen molar-refractivity contribution < 1.29 is 24.2 Å². The van der Waals surface area contributed by atoms with Gasteiger partial charge in [-0.1, -0.05) is 36.4 Å². The fraction of sp³-hybridized carbons (Fsp3) is 0.412. The third-order valence-corrected chi connectivity index (χ3v) is 7.68. The highest BCUT2D eigenvalue weighted by Gasteiger charge is 2.36. The average molecular weight is 542 g/mol. The first kappa shape index (κ1) is 27.9. The van der Waals surface area contributed by atoms with Crippen LogP contribution >= 0.6 is 0 Å². The minimum atomic E-state index is -1.17. The molecule has 3 aromatic carbocycles. The van der Waals surface area contributed by atoms with Crippen molar-refractivity contribution in [1.82, 2.24) is 0 Å². The Morgan fingerprint density at radius 1 is 1.05 bits per heavy atom. The molecule has 0 spiro atoms. The molecule has 1 unspecified atom stereocenters. The number of anilines is 1. The largest absolute Gasteiger partial charge is 0.493 e. The molecular formula is C34H39NO5. The first-order valence-corrected chi connectivity index (χ1v) is 14.3. The maximum absolute atomic E-state index is 13.6. The first-order valence-electron chi connectivity index (χ1n) is 14.3. The van der Waals surface area contributed by atoms with Crippen LogP contribution in [0.25, 0.3) is 11.1 Å². The van der Waals surface area contributed by atoms with Crippen molar-refractivity contribution in [2.24, 2.45) is 0 Å². The number of fused-ring (bicyclic) bond motifs is 2. The molecule has 3 aromatic rings. The summed E-state index contributed by atoms with van der Waals surface area (Å²) in [6, 6.07) is 18.2. The van der Waals surface area contributed by atoms with Gasteiger partial charge in [0.25, 0.3) is 0 Å². The Balaban J connectivity index is 1.63. The lowest BCUT2D eigenvalue weighted by atomic mass is 9.83. The van der Waals surface area contributed by atoms with Crippen LogP contribution in [-0.4, -0.2) is 35.7 Å².